The molecule has 0 saturated heterocycles. The van der Waals surface area contributed by atoms with E-state index in [1.165, 1.54) is 18.4 Å². The van der Waals surface area contributed by atoms with Gasteiger partial charge < -0.3 is 5.73 Å². The molecule has 1 aromatic rings. The van der Waals surface area contributed by atoms with Crippen molar-refractivity contribution < 1.29 is 0 Å². The summed E-state index contributed by atoms with van der Waals surface area (Å²) in [7, 11) is 0. The Kier molecular flexibility index (Phi) is 7.38. The summed E-state index contributed by atoms with van der Waals surface area (Å²) in [6.07, 6.45) is 6.77. The lowest BCUT2D eigenvalue weighted by Gasteiger charge is -2.28. The lowest BCUT2D eigenvalue weighted by Crippen LogP contribution is -2.40. The van der Waals surface area contributed by atoms with Gasteiger partial charge in [-0.15, -0.1) is 0 Å². The summed E-state index contributed by atoms with van der Waals surface area (Å²) >= 11 is 0. The molecule has 0 aliphatic rings. The molecule has 0 amide bonds. The van der Waals surface area contributed by atoms with Crippen LogP contribution in [0, 0.1) is 0 Å². The number of nitrogens with zero attached hydrogens (tertiary/aromatic N) is 1. The fourth-order valence-electron chi connectivity index (χ4n) is 2.15. The summed E-state index contributed by atoms with van der Waals surface area (Å²) < 4.78 is 0. The van der Waals surface area contributed by atoms with Gasteiger partial charge in [-0.1, -0.05) is 56.3 Å². The molecule has 0 aliphatic carbocycles. The first kappa shape index (κ1) is 14.9. The second-order valence-electron chi connectivity index (χ2n) is 4.61. The zero-order chi connectivity index (χ0) is 13.2. The van der Waals surface area contributed by atoms with Crippen LogP contribution in [-0.2, 0) is 0 Å². The van der Waals surface area contributed by atoms with Crippen molar-refractivity contribution in [1.29, 1.82) is 0 Å². The highest BCUT2D eigenvalue weighted by Crippen LogP contribution is 2.07. The Bertz CT molecular complexity index is 326. The standard InChI is InChI=1S/C16H26N2/c1-3-12-18(13-4-2)16(14-17)11-10-15-8-6-5-7-9-15/h5-11,16H,3-4,12-14,17H2,1-2H3/b11-10-. The van der Waals surface area contributed by atoms with E-state index < -0.39 is 0 Å². The van der Waals surface area contributed by atoms with Crippen molar-refractivity contribution in [3.8, 4) is 0 Å². The van der Waals surface area contributed by atoms with Crippen LogP contribution in [0.1, 0.15) is 32.3 Å². The van der Waals surface area contributed by atoms with E-state index in [9.17, 15) is 0 Å². The lowest BCUT2D eigenvalue weighted by molar-refractivity contribution is 0.234. The van der Waals surface area contributed by atoms with E-state index in [1.807, 2.05) is 6.07 Å². The SMILES string of the molecule is CCCN(CCC)C(/C=C\c1ccccc1)CN. The van der Waals surface area contributed by atoms with Crippen molar-refractivity contribution in [2.45, 2.75) is 32.7 Å². The average Bonchev–Trinajstić information content (AvgIpc) is 2.41. The second kappa shape index (κ2) is 8.90. The lowest BCUT2D eigenvalue weighted by atomic mass is 10.1. The van der Waals surface area contributed by atoms with Crippen molar-refractivity contribution in [3.63, 3.8) is 0 Å². The summed E-state index contributed by atoms with van der Waals surface area (Å²) in [5.74, 6) is 0. The van der Waals surface area contributed by atoms with Crippen molar-refractivity contribution in [2.75, 3.05) is 19.6 Å². The number of nitrogens with two attached hydrogens (primary N) is 1. The molecule has 1 atom stereocenters. The minimum Gasteiger partial charge on any atom is -0.329 e. The van der Waals surface area contributed by atoms with Gasteiger partial charge in [-0.2, -0.15) is 0 Å². The topological polar surface area (TPSA) is 29.3 Å². The Morgan fingerprint density at radius 3 is 2.22 bits per heavy atom. The molecule has 18 heavy (non-hydrogen) atoms. The zero-order valence-corrected chi connectivity index (χ0v) is 11.7. The summed E-state index contributed by atoms with van der Waals surface area (Å²) in [6.45, 7) is 7.36. The van der Waals surface area contributed by atoms with Crippen LogP contribution >= 0.6 is 0 Å². The van der Waals surface area contributed by atoms with Gasteiger partial charge in [0.15, 0.2) is 0 Å². The average molecular weight is 246 g/mol. The van der Waals surface area contributed by atoms with Crippen LogP contribution in [0.4, 0.5) is 0 Å². The molecule has 100 valence electrons. The third-order valence-electron chi connectivity index (χ3n) is 3.04. The molecule has 1 rings (SSSR count). The largest absolute Gasteiger partial charge is 0.329 e. The zero-order valence-electron chi connectivity index (χ0n) is 11.7. The van der Waals surface area contributed by atoms with E-state index in [4.69, 9.17) is 5.73 Å². The van der Waals surface area contributed by atoms with Gasteiger partial charge in [0, 0.05) is 12.6 Å². The Morgan fingerprint density at radius 1 is 1.11 bits per heavy atom. The Balaban J connectivity index is 2.66. The molecule has 2 nitrogen and oxygen atoms in total. The molecule has 1 aromatic carbocycles. The second-order valence-corrected chi connectivity index (χ2v) is 4.61. The van der Waals surface area contributed by atoms with E-state index in [1.54, 1.807) is 0 Å². The Labute approximate surface area is 111 Å². The van der Waals surface area contributed by atoms with E-state index >= 15 is 0 Å². The Morgan fingerprint density at radius 2 is 1.72 bits per heavy atom. The fraction of sp³-hybridized carbons (Fsp3) is 0.500. The van der Waals surface area contributed by atoms with Gasteiger partial charge in [0.2, 0.25) is 0 Å². The number of benzene rings is 1. The van der Waals surface area contributed by atoms with E-state index in [2.05, 4.69) is 55.2 Å². The van der Waals surface area contributed by atoms with Gasteiger partial charge in [0.05, 0.1) is 0 Å². The van der Waals surface area contributed by atoms with E-state index in [0.29, 0.717) is 12.6 Å². The normalized spacial score (nSPS) is 13.3. The highest BCUT2D eigenvalue weighted by Gasteiger charge is 2.11. The highest BCUT2D eigenvalue weighted by molar-refractivity contribution is 5.49. The first-order valence-electron chi connectivity index (χ1n) is 6.99. The van der Waals surface area contributed by atoms with Crippen LogP contribution in [-0.4, -0.2) is 30.6 Å². The number of hydrogen-bond acceptors (Lipinski definition) is 2. The molecule has 0 bridgehead atoms. The van der Waals surface area contributed by atoms with Crippen LogP contribution in [0.25, 0.3) is 6.08 Å². The quantitative estimate of drug-likeness (QED) is 0.763. The predicted molar refractivity (Wildman–Crippen MR) is 80.5 cm³/mol. The monoisotopic (exact) mass is 246 g/mol. The van der Waals surface area contributed by atoms with Gasteiger partial charge in [-0.3, -0.25) is 4.90 Å². The van der Waals surface area contributed by atoms with Crippen molar-refractivity contribution >= 4 is 6.08 Å². The van der Waals surface area contributed by atoms with Gasteiger partial charge >= 0.3 is 0 Å². The molecule has 0 aliphatic heterocycles. The third-order valence-corrected chi connectivity index (χ3v) is 3.04. The first-order chi connectivity index (χ1) is 8.81. The van der Waals surface area contributed by atoms with E-state index in [-0.39, 0.29) is 0 Å². The molecule has 1 unspecified atom stereocenters. The molecule has 0 heterocycles. The van der Waals surface area contributed by atoms with Crippen LogP contribution in [0.15, 0.2) is 36.4 Å². The maximum atomic E-state index is 5.91. The van der Waals surface area contributed by atoms with Crippen LogP contribution < -0.4 is 5.73 Å². The molecule has 2 N–H and O–H groups in total. The molecule has 2 heteroatoms. The molecule has 0 saturated carbocycles. The number of rotatable bonds is 8. The maximum absolute atomic E-state index is 5.91. The van der Waals surface area contributed by atoms with Crippen LogP contribution in [0.3, 0.4) is 0 Å². The molecular formula is C16H26N2. The smallest absolute Gasteiger partial charge is 0.0404 e. The van der Waals surface area contributed by atoms with E-state index in [0.717, 1.165) is 13.1 Å². The maximum Gasteiger partial charge on any atom is 0.0404 e. The van der Waals surface area contributed by atoms with Crippen LogP contribution in [0.5, 0.6) is 0 Å². The molecule has 0 aromatic heterocycles. The van der Waals surface area contributed by atoms with Gasteiger partial charge in [-0.05, 0) is 31.5 Å². The minimum absolute atomic E-state index is 0.352. The summed E-state index contributed by atoms with van der Waals surface area (Å²) in [5, 5.41) is 0. The summed E-state index contributed by atoms with van der Waals surface area (Å²) in [5.41, 5.74) is 7.15. The number of hydrogen-bond donors (Lipinski definition) is 1. The van der Waals surface area contributed by atoms with Crippen LogP contribution in [0.2, 0.25) is 0 Å². The molecule has 0 spiro atoms. The summed E-state index contributed by atoms with van der Waals surface area (Å²) in [4.78, 5) is 2.47. The molecule has 0 fully saturated rings. The predicted octanol–water partition coefficient (Wildman–Crippen LogP) is 3.15. The highest BCUT2D eigenvalue weighted by atomic mass is 15.2. The third kappa shape index (κ3) is 5.03. The molecule has 0 radical (unpaired) electrons. The summed E-state index contributed by atoms with van der Waals surface area (Å²) in [6, 6.07) is 10.8. The fourth-order valence-corrected chi connectivity index (χ4v) is 2.15. The van der Waals surface area contributed by atoms with Gasteiger partial charge in [0.25, 0.3) is 0 Å². The molecular weight excluding hydrogens is 220 g/mol. The van der Waals surface area contributed by atoms with Gasteiger partial charge in [-0.25, -0.2) is 0 Å². The Hall–Kier alpha value is -1.12. The van der Waals surface area contributed by atoms with Crippen molar-refractivity contribution in [3.05, 3.63) is 42.0 Å². The van der Waals surface area contributed by atoms with Crippen molar-refractivity contribution in [1.82, 2.24) is 4.90 Å². The minimum atomic E-state index is 0.352. The van der Waals surface area contributed by atoms with Crippen molar-refractivity contribution in [2.24, 2.45) is 5.73 Å². The van der Waals surface area contributed by atoms with Gasteiger partial charge in [0.1, 0.15) is 0 Å². The first-order valence-corrected chi connectivity index (χ1v) is 6.99.